The third-order valence-electron chi connectivity index (χ3n) is 3.06. The second kappa shape index (κ2) is 7.28. The van der Waals surface area contributed by atoms with E-state index >= 15 is 0 Å². The van der Waals surface area contributed by atoms with Gasteiger partial charge in [0, 0.05) is 19.2 Å². The Kier molecular flexibility index (Phi) is 6.01. The molecule has 1 N–H and O–H groups in total. The van der Waals surface area contributed by atoms with Gasteiger partial charge in [0.05, 0.1) is 11.9 Å². The topological polar surface area (TPSA) is 66.5 Å². The summed E-state index contributed by atoms with van der Waals surface area (Å²) < 4.78 is 24.0. The highest BCUT2D eigenvalue weighted by molar-refractivity contribution is 7.92. The fourth-order valence-electron chi connectivity index (χ4n) is 1.69. The van der Waals surface area contributed by atoms with Gasteiger partial charge in [-0.15, -0.1) is 0 Å². The molecule has 1 amide bonds. The molecule has 0 atom stereocenters. The van der Waals surface area contributed by atoms with Crippen LogP contribution < -0.4 is 9.62 Å². The average Bonchev–Trinajstić information content (AvgIpc) is 2.41. The van der Waals surface area contributed by atoms with Crippen LogP contribution in [0.4, 0.5) is 5.69 Å². The summed E-state index contributed by atoms with van der Waals surface area (Å²) in [5.74, 6) is -0.130. The third kappa shape index (κ3) is 4.85. The molecule has 0 saturated carbocycles. The molecule has 0 unspecified atom stereocenters. The van der Waals surface area contributed by atoms with E-state index in [2.05, 4.69) is 12.2 Å². The smallest absolute Gasteiger partial charge is 0.251 e. The van der Waals surface area contributed by atoms with Gasteiger partial charge in [-0.1, -0.05) is 19.8 Å². The van der Waals surface area contributed by atoms with Crippen LogP contribution in [0.25, 0.3) is 0 Å². The number of sulfonamides is 1. The van der Waals surface area contributed by atoms with Gasteiger partial charge in [0.25, 0.3) is 5.91 Å². The van der Waals surface area contributed by atoms with Gasteiger partial charge in [-0.25, -0.2) is 8.42 Å². The lowest BCUT2D eigenvalue weighted by Crippen LogP contribution is -2.26. The van der Waals surface area contributed by atoms with Crippen molar-refractivity contribution < 1.29 is 13.2 Å². The molecule has 5 nitrogen and oxygen atoms in total. The molecule has 0 radical (unpaired) electrons. The fourth-order valence-corrected chi connectivity index (χ4v) is 2.20. The van der Waals surface area contributed by atoms with Crippen LogP contribution in [0.15, 0.2) is 24.3 Å². The van der Waals surface area contributed by atoms with E-state index in [-0.39, 0.29) is 5.91 Å². The van der Waals surface area contributed by atoms with Crippen molar-refractivity contribution in [3.8, 4) is 0 Å². The lowest BCUT2D eigenvalue weighted by atomic mass is 10.2. The first-order chi connectivity index (χ1) is 9.36. The van der Waals surface area contributed by atoms with Crippen molar-refractivity contribution in [2.24, 2.45) is 0 Å². The zero-order valence-electron chi connectivity index (χ0n) is 12.2. The van der Waals surface area contributed by atoms with Gasteiger partial charge in [0.2, 0.25) is 10.0 Å². The Morgan fingerprint density at radius 2 is 1.80 bits per heavy atom. The average molecular weight is 298 g/mol. The molecule has 0 bridgehead atoms. The van der Waals surface area contributed by atoms with Crippen molar-refractivity contribution in [1.29, 1.82) is 0 Å². The van der Waals surface area contributed by atoms with Crippen molar-refractivity contribution in [3.63, 3.8) is 0 Å². The maximum absolute atomic E-state index is 11.8. The van der Waals surface area contributed by atoms with E-state index in [9.17, 15) is 13.2 Å². The normalized spacial score (nSPS) is 11.2. The molecule has 0 aromatic heterocycles. The first-order valence-corrected chi connectivity index (χ1v) is 8.53. The Balaban J connectivity index is 2.64. The van der Waals surface area contributed by atoms with Gasteiger partial charge in [0.1, 0.15) is 0 Å². The first kappa shape index (κ1) is 16.5. The van der Waals surface area contributed by atoms with E-state index in [0.717, 1.165) is 25.5 Å². The van der Waals surface area contributed by atoms with E-state index in [0.29, 0.717) is 17.8 Å². The molecule has 0 spiro atoms. The largest absolute Gasteiger partial charge is 0.352 e. The standard InChI is InChI=1S/C14H22N2O3S/c1-4-5-6-11-15-14(17)12-7-9-13(10-8-12)16(2)20(3,18)19/h7-10H,4-6,11H2,1-3H3,(H,15,17). The number of carbonyl (C=O) groups is 1. The summed E-state index contributed by atoms with van der Waals surface area (Å²) >= 11 is 0. The maximum atomic E-state index is 11.8. The lowest BCUT2D eigenvalue weighted by molar-refractivity contribution is 0.0953. The number of hydrogen-bond donors (Lipinski definition) is 1. The van der Waals surface area contributed by atoms with Gasteiger partial charge >= 0.3 is 0 Å². The summed E-state index contributed by atoms with van der Waals surface area (Å²) in [7, 11) is -1.80. The van der Waals surface area contributed by atoms with Crippen molar-refractivity contribution in [1.82, 2.24) is 5.32 Å². The minimum absolute atomic E-state index is 0.130. The Bertz CT molecular complexity index is 538. The fraction of sp³-hybridized carbons (Fsp3) is 0.500. The molecule has 1 rings (SSSR count). The minimum Gasteiger partial charge on any atom is -0.352 e. The van der Waals surface area contributed by atoms with Gasteiger partial charge in [-0.05, 0) is 30.7 Å². The molecule has 0 aliphatic rings. The molecule has 20 heavy (non-hydrogen) atoms. The molecule has 0 aliphatic carbocycles. The maximum Gasteiger partial charge on any atom is 0.251 e. The Labute approximate surface area is 121 Å². The molecule has 112 valence electrons. The number of unbranched alkanes of at least 4 members (excludes halogenated alkanes) is 2. The Morgan fingerprint density at radius 3 is 2.30 bits per heavy atom. The van der Waals surface area contributed by atoms with E-state index in [1.54, 1.807) is 24.3 Å². The molecular weight excluding hydrogens is 276 g/mol. The number of amides is 1. The van der Waals surface area contributed by atoms with Gasteiger partial charge in [0.15, 0.2) is 0 Å². The monoisotopic (exact) mass is 298 g/mol. The molecular formula is C14H22N2O3S. The summed E-state index contributed by atoms with van der Waals surface area (Å²) in [6.45, 7) is 2.77. The van der Waals surface area contributed by atoms with E-state index in [1.807, 2.05) is 0 Å². The summed E-state index contributed by atoms with van der Waals surface area (Å²) in [5, 5.41) is 2.84. The number of rotatable bonds is 7. The second-order valence-corrected chi connectivity index (χ2v) is 6.75. The summed E-state index contributed by atoms with van der Waals surface area (Å²) in [6, 6.07) is 6.52. The molecule has 6 heteroatoms. The molecule has 1 aromatic rings. The van der Waals surface area contributed by atoms with Crippen LogP contribution in [0, 0.1) is 0 Å². The Morgan fingerprint density at radius 1 is 1.20 bits per heavy atom. The van der Waals surface area contributed by atoms with Crippen molar-refractivity contribution in [2.75, 3.05) is 24.2 Å². The molecule has 0 aliphatic heterocycles. The number of anilines is 1. The number of nitrogens with one attached hydrogen (secondary N) is 1. The number of benzene rings is 1. The van der Waals surface area contributed by atoms with Crippen molar-refractivity contribution in [3.05, 3.63) is 29.8 Å². The first-order valence-electron chi connectivity index (χ1n) is 6.68. The quantitative estimate of drug-likeness (QED) is 0.783. The van der Waals surface area contributed by atoms with Crippen LogP contribution in [0.1, 0.15) is 36.5 Å². The molecule has 0 heterocycles. The number of hydrogen-bond acceptors (Lipinski definition) is 3. The molecule has 0 saturated heterocycles. The van der Waals surface area contributed by atoms with E-state index in [1.165, 1.54) is 11.4 Å². The predicted molar refractivity (Wildman–Crippen MR) is 81.5 cm³/mol. The van der Waals surface area contributed by atoms with Gasteiger partial charge in [-0.3, -0.25) is 9.10 Å². The van der Waals surface area contributed by atoms with Crippen LogP contribution in [0.2, 0.25) is 0 Å². The van der Waals surface area contributed by atoms with Crippen LogP contribution in [0.3, 0.4) is 0 Å². The van der Waals surface area contributed by atoms with E-state index < -0.39 is 10.0 Å². The zero-order chi connectivity index (χ0) is 15.2. The predicted octanol–water partition coefficient (Wildman–Crippen LogP) is 2.00. The summed E-state index contributed by atoms with van der Waals surface area (Å²) in [5.41, 5.74) is 1.07. The van der Waals surface area contributed by atoms with Crippen molar-refractivity contribution >= 4 is 21.6 Å². The Hall–Kier alpha value is -1.56. The lowest BCUT2D eigenvalue weighted by Gasteiger charge is -2.16. The summed E-state index contributed by atoms with van der Waals surface area (Å²) in [4.78, 5) is 11.8. The summed E-state index contributed by atoms with van der Waals surface area (Å²) in [6.07, 6.45) is 4.32. The number of nitrogens with zero attached hydrogens (tertiary/aromatic N) is 1. The highest BCUT2D eigenvalue weighted by Gasteiger charge is 2.12. The van der Waals surface area contributed by atoms with E-state index in [4.69, 9.17) is 0 Å². The highest BCUT2D eigenvalue weighted by Crippen LogP contribution is 2.16. The van der Waals surface area contributed by atoms with Crippen LogP contribution in [-0.4, -0.2) is 34.2 Å². The third-order valence-corrected chi connectivity index (χ3v) is 4.26. The van der Waals surface area contributed by atoms with Crippen LogP contribution >= 0.6 is 0 Å². The highest BCUT2D eigenvalue weighted by atomic mass is 32.2. The number of carbonyl (C=O) groups excluding carboxylic acids is 1. The van der Waals surface area contributed by atoms with Crippen LogP contribution in [0.5, 0.6) is 0 Å². The van der Waals surface area contributed by atoms with Crippen LogP contribution in [-0.2, 0) is 10.0 Å². The zero-order valence-corrected chi connectivity index (χ0v) is 13.0. The molecule has 0 fully saturated rings. The second-order valence-electron chi connectivity index (χ2n) is 4.74. The minimum atomic E-state index is -3.28. The SMILES string of the molecule is CCCCCNC(=O)c1ccc(N(C)S(C)(=O)=O)cc1. The molecule has 1 aromatic carbocycles. The van der Waals surface area contributed by atoms with Gasteiger partial charge in [-0.2, -0.15) is 0 Å². The van der Waals surface area contributed by atoms with Crippen molar-refractivity contribution in [2.45, 2.75) is 26.2 Å². The van der Waals surface area contributed by atoms with Gasteiger partial charge < -0.3 is 5.32 Å².